The van der Waals surface area contributed by atoms with Gasteiger partial charge < -0.3 is 19.8 Å². The van der Waals surface area contributed by atoms with Crippen LogP contribution in [0.2, 0.25) is 0 Å². The highest BCUT2D eigenvalue weighted by Gasteiger charge is 2.12. The number of pyridine rings is 1. The van der Waals surface area contributed by atoms with Gasteiger partial charge in [-0.25, -0.2) is 0 Å². The molecule has 0 bridgehead atoms. The monoisotopic (exact) mass is 304 g/mol. The maximum Gasteiger partial charge on any atom is 0.192 e. The van der Waals surface area contributed by atoms with Gasteiger partial charge >= 0.3 is 0 Å². The summed E-state index contributed by atoms with van der Waals surface area (Å²) in [5, 5.41) is 0. The van der Waals surface area contributed by atoms with E-state index in [1.165, 1.54) is 6.07 Å². The number of benzene rings is 1. The number of aryl methyl sites for hydroxylation is 1. The third-order valence-electron chi connectivity index (χ3n) is 3.15. The van der Waals surface area contributed by atoms with E-state index in [2.05, 4.69) is 0 Å². The van der Waals surface area contributed by atoms with E-state index in [0.29, 0.717) is 17.1 Å². The molecule has 0 fully saturated rings. The lowest BCUT2D eigenvalue weighted by molar-refractivity contribution is 0.401. The van der Waals surface area contributed by atoms with Gasteiger partial charge in [0.05, 0.1) is 25.5 Å². The van der Waals surface area contributed by atoms with E-state index >= 15 is 0 Å². The molecule has 0 radical (unpaired) electrons. The average Bonchev–Trinajstić information content (AvgIpc) is 2.46. The first-order valence-corrected chi connectivity index (χ1v) is 6.64. The maximum absolute atomic E-state index is 11.9. The Kier molecular flexibility index (Phi) is 4.28. The van der Waals surface area contributed by atoms with Gasteiger partial charge in [-0.05, 0) is 19.1 Å². The summed E-state index contributed by atoms with van der Waals surface area (Å²) >= 11 is 4.92. The second-order valence-corrected chi connectivity index (χ2v) is 4.90. The Bertz CT molecular complexity index is 753. The molecule has 0 aliphatic carbocycles. The Balaban J connectivity index is 2.74. The molecule has 1 aromatic heterocycles. The van der Waals surface area contributed by atoms with E-state index in [9.17, 15) is 4.79 Å². The first kappa shape index (κ1) is 15.1. The summed E-state index contributed by atoms with van der Waals surface area (Å²) < 4.78 is 12.4. The first-order valence-electron chi connectivity index (χ1n) is 6.23. The number of nitrogens with two attached hydrogens (primary N) is 1. The lowest BCUT2D eigenvalue weighted by atomic mass is 10.2. The Morgan fingerprint density at radius 1 is 1.24 bits per heavy atom. The zero-order chi connectivity index (χ0) is 15.6. The number of ether oxygens (including phenoxy) is 2. The standard InChI is InChI=1S/C15H16N2O3S/c1-9-6-13(18)11(15(16)21)8-17(9)12-7-10(19-2)4-5-14(12)20-3/h4-8H,1-3H3,(H2,16,21). The molecule has 110 valence electrons. The van der Waals surface area contributed by atoms with Crippen molar-refractivity contribution in [3.05, 3.63) is 51.9 Å². The van der Waals surface area contributed by atoms with Gasteiger partial charge in [0, 0.05) is 24.0 Å². The molecule has 0 aliphatic heterocycles. The molecule has 0 unspecified atom stereocenters. The van der Waals surface area contributed by atoms with E-state index in [1.807, 2.05) is 13.0 Å². The predicted molar refractivity (Wildman–Crippen MR) is 85.8 cm³/mol. The minimum absolute atomic E-state index is 0.0654. The fraction of sp³-hybridized carbons (Fsp3) is 0.200. The fourth-order valence-electron chi connectivity index (χ4n) is 2.06. The van der Waals surface area contributed by atoms with Crippen LogP contribution in [0.1, 0.15) is 11.3 Å². The van der Waals surface area contributed by atoms with Crippen molar-refractivity contribution in [3.63, 3.8) is 0 Å². The summed E-state index contributed by atoms with van der Waals surface area (Å²) in [6.45, 7) is 1.82. The topological polar surface area (TPSA) is 66.5 Å². The summed E-state index contributed by atoms with van der Waals surface area (Å²) in [4.78, 5) is 12.0. The molecule has 0 saturated heterocycles. The van der Waals surface area contributed by atoms with E-state index in [1.54, 1.807) is 37.1 Å². The van der Waals surface area contributed by atoms with Gasteiger partial charge in [-0.15, -0.1) is 0 Å². The lowest BCUT2D eigenvalue weighted by Crippen LogP contribution is -2.23. The average molecular weight is 304 g/mol. The third-order valence-corrected chi connectivity index (χ3v) is 3.37. The molecule has 0 spiro atoms. The largest absolute Gasteiger partial charge is 0.497 e. The van der Waals surface area contributed by atoms with Crippen LogP contribution in [0.15, 0.2) is 35.3 Å². The zero-order valence-electron chi connectivity index (χ0n) is 12.0. The Morgan fingerprint density at radius 2 is 1.95 bits per heavy atom. The highest BCUT2D eigenvalue weighted by molar-refractivity contribution is 7.80. The van der Waals surface area contributed by atoms with E-state index < -0.39 is 0 Å². The summed E-state index contributed by atoms with van der Waals surface area (Å²) in [5.74, 6) is 1.33. The van der Waals surface area contributed by atoms with Crippen molar-refractivity contribution in [2.45, 2.75) is 6.92 Å². The molecule has 0 amide bonds. The van der Waals surface area contributed by atoms with Gasteiger partial charge in [0.15, 0.2) is 5.43 Å². The molecule has 0 aliphatic rings. The van der Waals surface area contributed by atoms with Crippen molar-refractivity contribution in [2.24, 2.45) is 5.73 Å². The molecule has 21 heavy (non-hydrogen) atoms. The highest BCUT2D eigenvalue weighted by atomic mass is 32.1. The van der Waals surface area contributed by atoms with Crippen LogP contribution in [0, 0.1) is 6.92 Å². The molecule has 0 saturated carbocycles. The van der Waals surface area contributed by atoms with Crippen LogP contribution in [0.3, 0.4) is 0 Å². The number of rotatable bonds is 4. The summed E-state index contributed by atoms with van der Waals surface area (Å²) in [6.07, 6.45) is 1.62. The molecule has 2 N–H and O–H groups in total. The van der Waals surface area contributed by atoms with Crippen molar-refractivity contribution in [1.82, 2.24) is 4.57 Å². The van der Waals surface area contributed by atoms with Gasteiger partial charge in [0.25, 0.3) is 0 Å². The fourth-order valence-corrected chi connectivity index (χ4v) is 2.21. The van der Waals surface area contributed by atoms with Crippen LogP contribution >= 0.6 is 12.2 Å². The van der Waals surface area contributed by atoms with Crippen molar-refractivity contribution in [2.75, 3.05) is 14.2 Å². The van der Waals surface area contributed by atoms with E-state index in [0.717, 1.165) is 11.4 Å². The summed E-state index contributed by atoms with van der Waals surface area (Å²) in [7, 11) is 3.17. The van der Waals surface area contributed by atoms with Crippen molar-refractivity contribution in [1.29, 1.82) is 0 Å². The third kappa shape index (κ3) is 2.90. The van der Waals surface area contributed by atoms with Crippen LogP contribution < -0.4 is 20.6 Å². The van der Waals surface area contributed by atoms with Gasteiger partial charge in [0.1, 0.15) is 16.5 Å². The lowest BCUT2D eigenvalue weighted by Gasteiger charge is -2.16. The molecular formula is C15H16N2O3S. The van der Waals surface area contributed by atoms with Gasteiger partial charge in [0.2, 0.25) is 0 Å². The Hall–Kier alpha value is -2.34. The van der Waals surface area contributed by atoms with Gasteiger partial charge in [-0.1, -0.05) is 12.2 Å². The Labute approximate surface area is 127 Å². The molecular weight excluding hydrogens is 288 g/mol. The molecule has 2 aromatic rings. The van der Waals surface area contributed by atoms with Crippen LogP contribution in [-0.4, -0.2) is 23.8 Å². The quantitative estimate of drug-likeness (QED) is 0.873. The molecule has 2 rings (SSSR count). The second-order valence-electron chi connectivity index (χ2n) is 4.46. The van der Waals surface area contributed by atoms with Crippen LogP contribution in [0.4, 0.5) is 0 Å². The number of nitrogens with zero attached hydrogens (tertiary/aromatic N) is 1. The molecule has 1 aromatic carbocycles. The van der Waals surface area contributed by atoms with E-state index in [4.69, 9.17) is 27.4 Å². The normalized spacial score (nSPS) is 10.2. The second kappa shape index (κ2) is 5.97. The molecule has 0 atom stereocenters. The highest BCUT2D eigenvalue weighted by Crippen LogP contribution is 2.28. The summed E-state index contributed by atoms with van der Waals surface area (Å²) in [5.41, 5.74) is 7.18. The van der Waals surface area contributed by atoms with Crippen molar-refractivity contribution < 1.29 is 9.47 Å². The van der Waals surface area contributed by atoms with Crippen LogP contribution in [-0.2, 0) is 0 Å². The molecule has 1 heterocycles. The SMILES string of the molecule is COc1ccc(OC)c(-n2cc(C(N)=S)c(=O)cc2C)c1. The van der Waals surface area contributed by atoms with Crippen molar-refractivity contribution in [3.8, 4) is 17.2 Å². The van der Waals surface area contributed by atoms with Crippen LogP contribution in [0.25, 0.3) is 5.69 Å². The number of aromatic nitrogens is 1. The van der Waals surface area contributed by atoms with Gasteiger partial charge in [-0.2, -0.15) is 0 Å². The smallest absolute Gasteiger partial charge is 0.192 e. The number of methoxy groups -OCH3 is 2. The predicted octanol–water partition coefficient (Wildman–Crippen LogP) is 1.80. The van der Waals surface area contributed by atoms with Gasteiger partial charge in [-0.3, -0.25) is 4.79 Å². The number of thiocarbonyl (C=S) groups is 1. The summed E-state index contributed by atoms with van der Waals surface area (Å²) in [6, 6.07) is 6.91. The first-order chi connectivity index (χ1) is 9.97. The minimum atomic E-state index is -0.196. The number of hydrogen-bond donors (Lipinski definition) is 1. The minimum Gasteiger partial charge on any atom is -0.497 e. The van der Waals surface area contributed by atoms with Crippen molar-refractivity contribution >= 4 is 17.2 Å². The molecule has 6 heteroatoms. The van der Waals surface area contributed by atoms with E-state index in [-0.39, 0.29) is 10.4 Å². The maximum atomic E-state index is 11.9. The zero-order valence-corrected chi connectivity index (χ0v) is 12.9. The number of hydrogen-bond acceptors (Lipinski definition) is 4. The molecule has 5 nitrogen and oxygen atoms in total. The Morgan fingerprint density at radius 3 is 2.52 bits per heavy atom. The van der Waals surface area contributed by atoms with Crippen LogP contribution in [0.5, 0.6) is 11.5 Å².